The molecule has 1 aromatic heterocycles. The molecule has 0 N–H and O–H groups in total. The fraction of sp³-hybridized carbons (Fsp3) is 0.357. The lowest BCUT2D eigenvalue weighted by Crippen LogP contribution is -2.08. The molecule has 3 nitrogen and oxygen atoms in total. The second-order valence-electron chi connectivity index (χ2n) is 4.69. The molecule has 0 spiro atoms. The predicted octanol–water partition coefficient (Wildman–Crippen LogP) is 3.15. The number of hydrogen-bond acceptors (Lipinski definition) is 2. The molecule has 0 aliphatic carbocycles. The summed E-state index contributed by atoms with van der Waals surface area (Å²) in [6.07, 6.45) is 0.894. The van der Waals surface area contributed by atoms with Crippen molar-refractivity contribution < 1.29 is 0 Å². The lowest BCUT2D eigenvalue weighted by Gasteiger charge is -2.13. The maximum absolute atomic E-state index is 4.42. The number of hydrogen-bond donors (Lipinski definition) is 0. The number of aromatic nitrogens is 2. The molecule has 0 fully saturated rings. The van der Waals surface area contributed by atoms with Gasteiger partial charge in [0.2, 0.25) is 0 Å². The Morgan fingerprint density at radius 2 is 1.83 bits per heavy atom. The Morgan fingerprint density at radius 3 is 2.28 bits per heavy atom. The first-order valence-corrected chi connectivity index (χ1v) is 6.72. The normalized spacial score (nSPS) is 10.7. The molecule has 0 saturated heterocycles. The van der Waals surface area contributed by atoms with Gasteiger partial charge < -0.3 is 9.47 Å². The SMILES string of the molecule is Cc1nc(Br)c(Cc2ccc(N(C)C)cc2)n1C. The van der Waals surface area contributed by atoms with Gasteiger partial charge >= 0.3 is 0 Å². The maximum atomic E-state index is 4.42. The number of nitrogens with zero attached hydrogens (tertiary/aromatic N) is 3. The Morgan fingerprint density at radius 1 is 1.22 bits per heavy atom. The van der Waals surface area contributed by atoms with Gasteiger partial charge in [-0.2, -0.15) is 0 Å². The van der Waals surface area contributed by atoms with Crippen molar-refractivity contribution in [2.75, 3.05) is 19.0 Å². The van der Waals surface area contributed by atoms with Crippen molar-refractivity contribution >= 4 is 21.6 Å². The molecule has 96 valence electrons. The van der Waals surface area contributed by atoms with Crippen LogP contribution in [0.4, 0.5) is 5.69 Å². The first-order chi connectivity index (χ1) is 8.49. The van der Waals surface area contributed by atoms with Crippen LogP contribution in [0, 0.1) is 6.92 Å². The number of rotatable bonds is 3. The second kappa shape index (κ2) is 5.14. The van der Waals surface area contributed by atoms with Gasteiger partial charge in [0.1, 0.15) is 10.4 Å². The maximum Gasteiger partial charge on any atom is 0.127 e. The molecular formula is C14H18BrN3. The molecule has 0 bridgehead atoms. The van der Waals surface area contributed by atoms with Gasteiger partial charge in [-0.15, -0.1) is 0 Å². The van der Waals surface area contributed by atoms with E-state index in [0.717, 1.165) is 16.8 Å². The van der Waals surface area contributed by atoms with Gasteiger partial charge in [-0.1, -0.05) is 12.1 Å². The van der Waals surface area contributed by atoms with Crippen LogP contribution in [-0.4, -0.2) is 23.6 Å². The largest absolute Gasteiger partial charge is 0.378 e. The summed E-state index contributed by atoms with van der Waals surface area (Å²) in [6, 6.07) is 8.63. The van der Waals surface area contributed by atoms with Crippen LogP contribution < -0.4 is 4.90 Å². The first kappa shape index (κ1) is 13.1. The van der Waals surface area contributed by atoms with Crippen molar-refractivity contribution in [3.05, 3.63) is 46.0 Å². The van der Waals surface area contributed by atoms with Crippen molar-refractivity contribution in [1.82, 2.24) is 9.55 Å². The van der Waals surface area contributed by atoms with Crippen LogP contribution >= 0.6 is 15.9 Å². The van der Waals surface area contributed by atoms with Gasteiger partial charge in [-0.05, 0) is 40.5 Å². The summed E-state index contributed by atoms with van der Waals surface area (Å²) < 4.78 is 3.07. The van der Waals surface area contributed by atoms with Crippen molar-refractivity contribution in [1.29, 1.82) is 0 Å². The van der Waals surface area contributed by atoms with Crippen molar-refractivity contribution in [3.63, 3.8) is 0 Å². The van der Waals surface area contributed by atoms with E-state index in [2.05, 4.69) is 75.8 Å². The average molecular weight is 308 g/mol. The Hall–Kier alpha value is -1.29. The first-order valence-electron chi connectivity index (χ1n) is 5.93. The molecule has 0 radical (unpaired) electrons. The molecule has 0 amide bonds. The molecule has 0 aliphatic rings. The van der Waals surface area contributed by atoms with Crippen molar-refractivity contribution in [2.45, 2.75) is 13.3 Å². The van der Waals surface area contributed by atoms with Crippen LogP contribution in [0.2, 0.25) is 0 Å². The van der Waals surface area contributed by atoms with E-state index in [-0.39, 0.29) is 0 Å². The molecule has 2 aromatic rings. The summed E-state index contributed by atoms with van der Waals surface area (Å²) in [4.78, 5) is 6.53. The molecule has 0 saturated carbocycles. The minimum absolute atomic E-state index is 0.894. The standard InChI is InChI=1S/C14H18BrN3/c1-10-16-14(15)13(18(10)4)9-11-5-7-12(8-6-11)17(2)3/h5-8H,9H2,1-4H3. The fourth-order valence-electron chi connectivity index (χ4n) is 1.91. The Kier molecular flexibility index (Phi) is 3.76. The Balaban J connectivity index is 2.23. The van der Waals surface area contributed by atoms with Crippen molar-refractivity contribution in [2.24, 2.45) is 7.05 Å². The van der Waals surface area contributed by atoms with Gasteiger partial charge in [0.05, 0.1) is 5.69 Å². The zero-order valence-corrected chi connectivity index (χ0v) is 12.8. The van der Waals surface area contributed by atoms with E-state index >= 15 is 0 Å². The predicted molar refractivity (Wildman–Crippen MR) is 79.2 cm³/mol. The van der Waals surface area contributed by atoms with Gasteiger partial charge in [-0.25, -0.2) is 4.98 Å². The molecular weight excluding hydrogens is 290 g/mol. The highest BCUT2D eigenvalue weighted by Crippen LogP contribution is 2.21. The lowest BCUT2D eigenvalue weighted by molar-refractivity contribution is 0.805. The number of benzene rings is 1. The molecule has 0 aliphatic heterocycles. The third-order valence-corrected chi connectivity index (χ3v) is 3.85. The van der Waals surface area contributed by atoms with Gasteiger partial charge in [-0.3, -0.25) is 0 Å². The van der Waals surface area contributed by atoms with E-state index in [0.29, 0.717) is 0 Å². The van der Waals surface area contributed by atoms with Crippen LogP contribution in [0.25, 0.3) is 0 Å². The molecule has 0 unspecified atom stereocenters. The Labute approximate surface area is 117 Å². The summed E-state index contributed by atoms with van der Waals surface area (Å²) >= 11 is 3.52. The summed E-state index contributed by atoms with van der Waals surface area (Å²) in [5.74, 6) is 1.03. The van der Waals surface area contributed by atoms with E-state index in [4.69, 9.17) is 0 Å². The fourth-order valence-corrected chi connectivity index (χ4v) is 2.57. The smallest absolute Gasteiger partial charge is 0.127 e. The molecule has 4 heteroatoms. The van der Waals surface area contributed by atoms with Crippen LogP contribution in [0.3, 0.4) is 0 Å². The van der Waals surface area contributed by atoms with Crippen LogP contribution in [0.15, 0.2) is 28.9 Å². The van der Waals surface area contributed by atoms with Crippen LogP contribution in [-0.2, 0) is 13.5 Å². The van der Waals surface area contributed by atoms with Crippen LogP contribution in [0.1, 0.15) is 17.1 Å². The summed E-state index contributed by atoms with van der Waals surface area (Å²) in [7, 11) is 6.16. The summed E-state index contributed by atoms with van der Waals surface area (Å²) in [5.41, 5.74) is 3.73. The zero-order valence-electron chi connectivity index (χ0n) is 11.2. The topological polar surface area (TPSA) is 21.1 Å². The molecule has 0 atom stereocenters. The molecule has 18 heavy (non-hydrogen) atoms. The van der Waals surface area contributed by atoms with E-state index < -0.39 is 0 Å². The lowest BCUT2D eigenvalue weighted by atomic mass is 10.1. The highest BCUT2D eigenvalue weighted by Gasteiger charge is 2.10. The minimum atomic E-state index is 0.894. The third-order valence-electron chi connectivity index (χ3n) is 3.21. The highest BCUT2D eigenvalue weighted by atomic mass is 79.9. The van der Waals surface area contributed by atoms with Gasteiger partial charge in [0, 0.05) is 33.3 Å². The number of anilines is 1. The molecule has 2 rings (SSSR count). The highest BCUT2D eigenvalue weighted by molar-refractivity contribution is 9.10. The zero-order chi connectivity index (χ0) is 13.3. The average Bonchev–Trinajstić information content (AvgIpc) is 2.57. The Bertz CT molecular complexity index is 541. The second-order valence-corrected chi connectivity index (χ2v) is 5.44. The van der Waals surface area contributed by atoms with E-state index in [1.165, 1.54) is 16.9 Å². The third kappa shape index (κ3) is 2.58. The van der Waals surface area contributed by atoms with Crippen LogP contribution in [0.5, 0.6) is 0 Å². The van der Waals surface area contributed by atoms with Gasteiger partial charge in [0.25, 0.3) is 0 Å². The van der Waals surface area contributed by atoms with E-state index in [1.807, 2.05) is 6.92 Å². The summed E-state index contributed by atoms with van der Waals surface area (Å²) in [6.45, 7) is 2.02. The number of halogens is 1. The summed E-state index contributed by atoms with van der Waals surface area (Å²) in [5, 5.41) is 0. The van der Waals surface area contributed by atoms with E-state index in [1.54, 1.807) is 0 Å². The molecule has 1 aromatic carbocycles. The monoisotopic (exact) mass is 307 g/mol. The quantitative estimate of drug-likeness (QED) is 0.868. The van der Waals surface area contributed by atoms with Gasteiger partial charge in [0.15, 0.2) is 0 Å². The minimum Gasteiger partial charge on any atom is -0.378 e. The van der Waals surface area contributed by atoms with Crippen molar-refractivity contribution in [3.8, 4) is 0 Å². The number of imidazole rings is 1. The van der Waals surface area contributed by atoms with E-state index in [9.17, 15) is 0 Å². The number of aryl methyl sites for hydroxylation is 1. The molecule has 1 heterocycles.